The van der Waals surface area contributed by atoms with Crippen LogP contribution < -0.4 is 10.1 Å². The minimum Gasteiger partial charge on any atom is -0.497 e. The largest absolute Gasteiger partial charge is 0.497 e. The fourth-order valence-electron chi connectivity index (χ4n) is 4.18. The van der Waals surface area contributed by atoms with Crippen LogP contribution in [-0.4, -0.2) is 23.8 Å². The molecule has 1 N–H and O–H groups in total. The van der Waals surface area contributed by atoms with Crippen molar-refractivity contribution in [2.24, 2.45) is 0 Å². The molecular formula is C30H30N2O3S. The number of nitrogens with one attached hydrogen (secondary N) is 1. The van der Waals surface area contributed by atoms with Gasteiger partial charge in [0.2, 0.25) is 11.8 Å². The highest BCUT2D eigenvalue weighted by Crippen LogP contribution is 2.28. The zero-order chi connectivity index (χ0) is 25.3. The van der Waals surface area contributed by atoms with Crippen LogP contribution in [0.3, 0.4) is 0 Å². The predicted octanol–water partition coefficient (Wildman–Crippen LogP) is 5.69. The first-order valence-corrected chi connectivity index (χ1v) is 12.7. The van der Waals surface area contributed by atoms with Gasteiger partial charge in [0.25, 0.3) is 0 Å². The maximum Gasteiger partial charge on any atom is 0.247 e. The van der Waals surface area contributed by atoms with Gasteiger partial charge < -0.3 is 15.0 Å². The molecule has 0 fully saturated rings. The van der Waals surface area contributed by atoms with Crippen molar-refractivity contribution in [2.75, 3.05) is 7.11 Å². The molecule has 0 saturated heterocycles. The van der Waals surface area contributed by atoms with E-state index in [9.17, 15) is 9.59 Å². The summed E-state index contributed by atoms with van der Waals surface area (Å²) in [6, 6.07) is 28.3. The molecule has 4 aromatic rings. The number of carbonyl (C=O) groups is 2. The summed E-state index contributed by atoms with van der Waals surface area (Å²) >= 11 is 1.54. The minimum absolute atomic E-state index is 0.108. The monoisotopic (exact) mass is 498 g/mol. The normalized spacial score (nSPS) is 11.5. The number of carbonyl (C=O) groups excluding carboxylic acids is 2. The van der Waals surface area contributed by atoms with Gasteiger partial charge in [-0.25, -0.2) is 0 Å². The third-order valence-corrected chi connectivity index (χ3v) is 6.94. The molecule has 1 aromatic heterocycles. The fraction of sp³-hybridized carbons (Fsp3) is 0.200. The van der Waals surface area contributed by atoms with Gasteiger partial charge >= 0.3 is 0 Å². The fourth-order valence-corrected chi connectivity index (χ4v) is 4.88. The third kappa shape index (κ3) is 6.40. The van der Waals surface area contributed by atoms with Crippen LogP contribution >= 0.6 is 11.3 Å². The Balaban J connectivity index is 1.71. The van der Waals surface area contributed by atoms with Gasteiger partial charge in [-0.2, -0.15) is 0 Å². The van der Waals surface area contributed by atoms with Crippen molar-refractivity contribution in [1.29, 1.82) is 0 Å². The van der Waals surface area contributed by atoms with Gasteiger partial charge in [-0.1, -0.05) is 72.8 Å². The molecule has 1 heterocycles. The summed E-state index contributed by atoms with van der Waals surface area (Å²) in [5.74, 6) is 0.387. The van der Waals surface area contributed by atoms with E-state index >= 15 is 0 Å². The number of hydrogen-bond donors (Lipinski definition) is 1. The molecule has 36 heavy (non-hydrogen) atoms. The van der Waals surface area contributed by atoms with E-state index < -0.39 is 6.04 Å². The second kappa shape index (κ2) is 12.2. The molecule has 184 valence electrons. The Morgan fingerprint density at radius 1 is 0.917 bits per heavy atom. The molecule has 6 heteroatoms. The Kier molecular flexibility index (Phi) is 8.53. The number of aryl methyl sites for hydroxylation is 1. The Morgan fingerprint density at radius 3 is 2.39 bits per heavy atom. The van der Waals surface area contributed by atoms with Gasteiger partial charge in [-0.05, 0) is 52.8 Å². The SMILES string of the molecule is COc1cccc(CN(C(=O)Cc2cccs2)[C@H](C(=O)NCc2ccccc2)c2ccccc2C)c1. The quantitative estimate of drug-likeness (QED) is 0.305. The Bertz CT molecular complexity index is 1290. The molecule has 0 spiro atoms. The van der Waals surface area contributed by atoms with Crippen molar-refractivity contribution in [3.63, 3.8) is 0 Å². The number of ether oxygens (including phenoxy) is 1. The Labute approximate surface area is 216 Å². The summed E-state index contributed by atoms with van der Waals surface area (Å²) in [7, 11) is 1.62. The number of methoxy groups -OCH3 is 1. The van der Waals surface area contributed by atoms with Crippen LogP contribution in [0.4, 0.5) is 0 Å². The Hall–Kier alpha value is -3.90. The molecule has 0 bridgehead atoms. The van der Waals surface area contributed by atoms with Crippen LogP contribution in [0, 0.1) is 6.92 Å². The number of amides is 2. The lowest BCUT2D eigenvalue weighted by Crippen LogP contribution is -2.44. The lowest BCUT2D eigenvalue weighted by Gasteiger charge is -2.32. The number of nitrogens with zero attached hydrogens (tertiary/aromatic N) is 1. The molecule has 0 aliphatic carbocycles. The van der Waals surface area contributed by atoms with Gasteiger partial charge in [-0.3, -0.25) is 9.59 Å². The molecule has 0 aliphatic heterocycles. The van der Waals surface area contributed by atoms with E-state index in [1.807, 2.05) is 103 Å². The molecule has 4 rings (SSSR count). The standard InChI is InChI=1S/C30H30N2O3S/c1-22-10-6-7-16-27(22)29(30(34)31-20-23-11-4-3-5-12-23)32(28(33)19-26-15-9-17-36-26)21-24-13-8-14-25(18-24)35-2/h3-18,29H,19-21H2,1-2H3,(H,31,34)/t29-/m0/s1. The van der Waals surface area contributed by atoms with Gasteiger partial charge in [0, 0.05) is 18.0 Å². The second-order valence-corrected chi connectivity index (χ2v) is 9.62. The first kappa shape index (κ1) is 25.2. The molecule has 3 aromatic carbocycles. The number of rotatable bonds is 10. The van der Waals surface area contributed by atoms with E-state index in [0.717, 1.165) is 27.1 Å². The average Bonchev–Trinajstić information content (AvgIpc) is 3.42. The molecule has 0 radical (unpaired) electrons. The van der Waals surface area contributed by atoms with Crippen molar-refractivity contribution in [3.05, 3.63) is 124 Å². The minimum atomic E-state index is -0.784. The van der Waals surface area contributed by atoms with Crippen LogP contribution in [-0.2, 0) is 29.1 Å². The molecule has 1 atom stereocenters. The van der Waals surface area contributed by atoms with Crippen molar-refractivity contribution in [3.8, 4) is 5.75 Å². The first-order valence-electron chi connectivity index (χ1n) is 11.9. The zero-order valence-corrected chi connectivity index (χ0v) is 21.3. The van der Waals surface area contributed by atoms with Crippen LogP contribution in [0.5, 0.6) is 5.75 Å². The van der Waals surface area contributed by atoms with E-state index in [1.54, 1.807) is 12.0 Å². The van der Waals surface area contributed by atoms with Crippen LogP contribution in [0.1, 0.15) is 33.2 Å². The Morgan fingerprint density at radius 2 is 1.67 bits per heavy atom. The highest BCUT2D eigenvalue weighted by Gasteiger charge is 2.32. The van der Waals surface area contributed by atoms with Crippen molar-refractivity contribution in [1.82, 2.24) is 10.2 Å². The molecular weight excluding hydrogens is 468 g/mol. The summed E-state index contributed by atoms with van der Waals surface area (Å²) in [5.41, 5.74) is 3.66. The zero-order valence-electron chi connectivity index (χ0n) is 20.5. The molecule has 5 nitrogen and oxygen atoms in total. The maximum atomic E-state index is 13.8. The van der Waals surface area contributed by atoms with E-state index in [4.69, 9.17) is 4.74 Å². The van der Waals surface area contributed by atoms with Gasteiger partial charge in [-0.15, -0.1) is 11.3 Å². The number of benzene rings is 3. The van der Waals surface area contributed by atoms with E-state index in [0.29, 0.717) is 12.3 Å². The summed E-state index contributed by atoms with van der Waals surface area (Å²) in [4.78, 5) is 30.3. The van der Waals surface area contributed by atoms with Crippen LogP contribution in [0.15, 0.2) is 96.4 Å². The molecule has 0 unspecified atom stereocenters. The van der Waals surface area contributed by atoms with Crippen molar-refractivity contribution >= 4 is 23.2 Å². The molecule has 2 amide bonds. The summed E-state index contributed by atoms with van der Waals surface area (Å²) in [5, 5.41) is 5.03. The summed E-state index contributed by atoms with van der Waals surface area (Å²) < 4.78 is 5.40. The van der Waals surface area contributed by atoms with E-state index in [-0.39, 0.29) is 24.8 Å². The molecule has 0 aliphatic rings. The molecule has 0 saturated carbocycles. The second-order valence-electron chi connectivity index (χ2n) is 8.59. The highest BCUT2D eigenvalue weighted by molar-refractivity contribution is 7.10. The van der Waals surface area contributed by atoms with E-state index in [1.165, 1.54) is 11.3 Å². The average molecular weight is 499 g/mol. The topological polar surface area (TPSA) is 58.6 Å². The van der Waals surface area contributed by atoms with E-state index in [2.05, 4.69) is 5.32 Å². The summed E-state index contributed by atoms with van der Waals surface area (Å²) in [6.45, 7) is 2.63. The lowest BCUT2D eigenvalue weighted by atomic mass is 9.97. The number of hydrogen-bond acceptors (Lipinski definition) is 4. The summed E-state index contributed by atoms with van der Waals surface area (Å²) in [6.07, 6.45) is 0.232. The maximum absolute atomic E-state index is 13.8. The number of thiophene rings is 1. The van der Waals surface area contributed by atoms with Gasteiger partial charge in [0.1, 0.15) is 11.8 Å². The smallest absolute Gasteiger partial charge is 0.247 e. The lowest BCUT2D eigenvalue weighted by molar-refractivity contribution is -0.141. The van der Waals surface area contributed by atoms with Gasteiger partial charge in [0.15, 0.2) is 0 Å². The van der Waals surface area contributed by atoms with Crippen LogP contribution in [0.2, 0.25) is 0 Å². The highest BCUT2D eigenvalue weighted by atomic mass is 32.1. The first-order chi connectivity index (χ1) is 17.5. The van der Waals surface area contributed by atoms with Crippen molar-refractivity contribution < 1.29 is 14.3 Å². The van der Waals surface area contributed by atoms with Crippen LogP contribution in [0.25, 0.3) is 0 Å². The third-order valence-electron chi connectivity index (χ3n) is 6.07. The van der Waals surface area contributed by atoms with Gasteiger partial charge in [0.05, 0.1) is 13.5 Å². The van der Waals surface area contributed by atoms with Crippen molar-refractivity contribution in [2.45, 2.75) is 32.5 Å². The predicted molar refractivity (Wildman–Crippen MR) is 144 cm³/mol.